The molecule has 0 N–H and O–H groups in total. The Morgan fingerprint density at radius 2 is 2.29 bits per heavy atom. The number of allylic oxidation sites excluding steroid dienone is 4. The zero-order chi connectivity index (χ0) is 11.7. The Hall–Kier alpha value is -1.90. The van der Waals surface area contributed by atoms with Gasteiger partial charge in [-0.05, 0) is 37.1 Å². The first-order chi connectivity index (χ1) is 8.36. The van der Waals surface area contributed by atoms with Crippen molar-refractivity contribution in [3.05, 3.63) is 48.3 Å². The summed E-state index contributed by atoms with van der Waals surface area (Å²) in [5, 5.41) is 0. The second kappa shape index (κ2) is 4.17. The average Bonchev–Trinajstić information content (AvgIpc) is 2.40. The number of nitrogens with zero attached hydrogens (tertiary/aromatic N) is 2. The van der Waals surface area contributed by atoms with Gasteiger partial charge in [0.15, 0.2) is 5.78 Å². The molecule has 1 aromatic rings. The van der Waals surface area contributed by atoms with E-state index in [1.807, 2.05) is 30.4 Å². The molecule has 86 valence electrons. The van der Waals surface area contributed by atoms with Crippen molar-refractivity contribution >= 4 is 11.6 Å². The van der Waals surface area contributed by atoms with Gasteiger partial charge >= 0.3 is 0 Å². The van der Waals surface area contributed by atoms with Crippen LogP contribution in [0, 0.1) is 5.92 Å². The summed E-state index contributed by atoms with van der Waals surface area (Å²) in [5.41, 5.74) is 1.10. The standard InChI is InChI=1S/C14H14N2O/c17-13-7-3-6-12-11(13)5-4-10-16(12)14-8-1-2-9-15-14/h1-3,6-9,11H,4-5,10H2. The second-order valence-electron chi connectivity index (χ2n) is 4.39. The molecule has 17 heavy (non-hydrogen) atoms. The Bertz CT molecular complexity index is 490. The van der Waals surface area contributed by atoms with Gasteiger partial charge in [0.2, 0.25) is 0 Å². The first-order valence-corrected chi connectivity index (χ1v) is 5.97. The van der Waals surface area contributed by atoms with Crippen molar-refractivity contribution in [1.29, 1.82) is 0 Å². The minimum Gasteiger partial charge on any atom is -0.329 e. The fraction of sp³-hybridized carbons (Fsp3) is 0.286. The van der Waals surface area contributed by atoms with Crippen LogP contribution in [-0.4, -0.2) is 17.3 Å². The molecule has 1 aliphatic heterocycles. The molecule has 1 atom stereocenters. The van der Waals surface area contributed by atoms with Crippen LogP contribution >= 0.6 is 0 Å². The zero-order valence-electron chi connectivity index (χ0n) is 9.54. The van der Waals surface area contributed by atoms with Crippen LogP contribution in [0.4, 0.5) is 5.82 Å². The normalized spacial score (nSPS) is 23.3. The Morgan fingerprint density at radius 3 is 3.12 bits per heavy atom. The Morgan fingerprint density at radius 1 is 1.35 bits per heavy atom. The number of fused-ring (bicyclic) bond motifs is 1. The van der Waals surface area contributed by atoms with E-state index in [1.165, 1.54) is 0 Å². The lowest BCUT2D eigenvalue weighted by Gasteiger charge is -2.36. The number of rotatable bonds is 1. The van der Waals surface area contributed by atoms with Crippen molar-refractivity contribution in [2.45, 2.75) is 12.8 Å². The molecule has 1 aliphatic carbocycles. The van der Waals surface area contributed by atoms with Gasteiger partial charge in [0.1, 0.15) is 5.82 Å². The van der Waals surface area contributed by atoms with E-state index in [0.29, 0.717) is 0 Å². The molecule has 0 aromatic carbocycles. The number of carbonyl (C=O) groups excluding carboxylic acids is 1. The highest BCUT2D eigenvalue weighted by atomic mass is 16.1. The second-order valence-corrected chi connectivity index (χ2v) is 4.39. The lowest BCUT2D eigenvalue weighted by atomic mass is 9.87. The van der Waals surface area contributed by atoms with Gasteiger partial charge < -0.3 is 4.90 Å². The third-order valence-electron chi connectivity index (χ3n) is 3.34. The van der Waals surface area contributed by atoms with Crippen LogP contribution in [0.3, 0.4) is 0 Å². The molecule has 1 saturated heterocycles. The molecule has 1 unspecified atom stereocenters. The van der Waals surface area contributed by atoms with Crippen LogP contribution < -0.4 is 4.90 Å². The molecule has 0 amide bonds. The van der Waals surface area contributed by atoms with Gasteiger partial charge in [0.05, 0.1) is 5.92 Å². The van der Waals surface area contributed by atoms with Crippen molar-refractivity contribution in [3.8, 4) is 0 Å². The number of piperidine rings is 1. The van der Waals surface area contributed by atoms with Crippen LogP contribution in [0.1, 0.15) is 12.8 Å². The van der Waals surface area contributed by atoms with Crippen LogP contribution in [0.2, 0.25) is 0 Å². The molecule has 1 fully saturated rings. The van der Waals surface area contributed by atoms with E-state index in [1.54, 1.807) is 12.3 Å². The molecule has 2 heterocycles. The quantitative estimate of drug-likeness (QED) is 0.736. The summed E-state index contributed by atoms with van der Waals surface area (Å²) in [6, 6.07) is 5.88. The number of hydrogen-bond acceptors (Lipinski definition) is 3. The minimum atomic E-state index is 0.0377. The molecule has 3 heteroatoms. The number of aromatic nitrogens is 1. The molecule has 0 spiro atoms. The van der Waals surface area contributed by atoms with Crippen LogP contribution in [0.15, 0.2) is 48.3 Å². The lowest BCUT2D eigenvalue weighted by Crippen LogP contribution is -2.37. The monoisotopic (exact) mass is 226 g/mol. The van der Waals surface area contributed by atoms with E-state index >= 15 is 0 Å². The fourth-order valence-corrected chi connectivity index (χ4v) is 2.53. The Balaban J connectivity index is 1.98. The van der Waals surface area contributed by atoms with Crippen molar-refractivity contribution < 1.29 is 4.79 Å². The van der Waals surface area contributed by atoms with Crippen LogP contribution in [-0.2, 0) is 4.79 Å². The van der Waals surface area contributed by atoms with Crippen LogP contribution in [0.5, 0.6) is 0 Å². The molecule has 0 bridgehead atoms. The van der Waals surface area contributed by atoms with Gasteiger partial charge in [-0.2, -0.15) is 0 Å². The van der Waals surface area contributed by atoms with Gasteiger partial charge in [0, 0.05) is 18.4 Å². The van der Waals surface area contributed by atoms with E-state index < -0.39 is 0 Å². The topological polar surface area (TPSA) is 33.2 Å². The molecule has 3 nitrogen and oxygen atoms in total. The van der Waals surface area contributed by atoms with Crippen molar-refractivity contribution in [1.82, 2.24) is 4.98 Å². The van der Waals surface area contributed by atoms with E-state index in [0.717, 1.165) is 30.9 Å². The SMILES string of the molecule is O=C1C=CC=C2C1CCCN2c1ccccn1. The van der Waals surface area contributed by atoms with Gasteiger partial charge in [-0.15, -0.1) is 0 Å². The molecule has 0 saturated carbocycles. The first-order valence-electron chi connectivity index (χ1n) is 5.97. The number of ketones is 1. The predicted octanol–water partition coefficient (Wildman–Crippen LogP) is 2.32. The van der Waals surface area contributed by atoms with E-state index in [4.69, 9.17) is 0 Å². The molecular weight excluding hydrogens is 212 g/mol. The molecule has 0 radical (unpaired) electrons. The van der Waals surface area contributed by atoms with Crippen LogP contribution in [0.25, 0.3) is 0 Å². The van der Waals surface area contributed by atoms with Gasteiger partial charge in [-0.1, -0.05) is 12.1 Å². The third-order valence-corrected chi connectivity index (χ3v) is 3.34. The van der Waals surface area contributed by atoms with Crippen molar-refractivity contribution in [3.63, 3.8) is 0 Å². The minimum absolute atomic E-state index is 0.0377. The molecular formula is C14H14N2O. The summed E-state index contributed by atoms with van der Waals surface area (Å²) < 4.78 is 0. The maximum Gasteiger partial charge on any atom is 0.164 e. The van der Waals surface area contributed by atoms with Gasteiger partial charge in [0.25, 0.3) is 0 Å². The van der Waals surface area contributed by atoms with Gasteiger partial charge in [-0.25, -0.2) is 4.98 Å². The zero-order valence-corrected chi connectivity index (χ0v) is 9.54. The third kappa shape index (κ3) is 1.78. The lowest BCUT2D eigenvalue weighted by molar-refractivity contribution is -0.117. The number of carbonyl (C=O) groups is 1. The predicted molar refractivity (Wildman–Crippen MR) is 66.5 cm³/mol. The Kier molecular flexibility index (Phi) is 2.52. The summed E-state index contributed by atoms with van der Waals surface area (Å²) in [4.78, 5) is 18.4. The highest BCUT2D eigenvalue weighted by molar-refractivity contribution is 5.96. The summed E-state index contributed by atoms with van der Waals surface area (Å²) in [6.45, 7) is 0.945. The molecule has 1 aromatic heterocycles. The maximum absolute atomic E-state index is 11.8. The Labute approximate surface area is 100 Å². The maximum atomic E-state index is 11.8. The highest BCUT2D eigenvalue weighted by Crippen LogP contribution is 2.33. The van der Waals surface area contributed by atoms with Crippen molar-refractivity contribution in [2.24, 2.45) is 5.92 Å². The highest BCUT2D eigenvalue weighted by Gasteiger charge is 2.31. The van der Waals surface area contributed by atoms with Crippen molar-refractivity contribution in [2.75, 3.05) is 11.4 Å². The molecule has 2 aliphatic rings. The largest absolute Gasteiger partial charge is 0.329 e. The summed E-state index contributed by atoms with van der Waals surface area (Å²) >= 11 is 0. The number of hydrogen-bond donors (Lipinski definition) is 0. The smallest absolute Gasteiger partial charge is 0.164 e. The number of anilines is 1. The van der Waals surface area contributed by atoms with E-state index in [-0.39, 0.29) is 11.7 Å². The molecule has 3 rings (SSSR count). The summed E-state index contributed by atoms with van der Waals surface area (Å²) in [5.74, 6) is 1.20. The first kappa shape index (κ1) is 10.3. The number of pyridine rings is 1. The van der Waals surface area contributed by atoms with E-state index in [9.17, 15) is 4.79 Å². The van der Waals surface area contributed by atoms with E-state index in [2.05, 4.69) is 9.88 Å². The summed E-state index contributed by atoms with van der Waals surface area (Å²) in [7, 11) is 0. The average molecular weight is 226 g/mol. The van der Waals surface area contributed by atoms with Gasteiger partial charge in [-0.3, -0.25) is 4.79 Å². The fourth-order valence-electron chi connectivity index (χ4n) is 2.53. The summed E-state index contributed by atoms with van der Waals surface area (Å²) in [6.07, 6.45) is 9.35.